The molecule has 1 aliphatic carbocycles. The first-order chi connectivity index (χ1) is 25.0. The number of rotatable bonds is 16. The number of amides is 2. The van der Waals surface area contributed by atoms with Crippen LogP contribution in [0.2, 0.25) is 0 Å². The smallest absolute Gasteiger partial charge is 0.354 e. The van der Waals surface area contributed by atoms with Gasteiger partial charge in [-0.25, -0.2) is 9.97 Å². The summed E-state index contributed by atoms with van der Waals surface area (Å²) in [6.07, 6.45) is -6.50. The van der Waals surface area contributed by atoms with Crippen molar-refractivity contribution in [2.45, 2.75) is 121 Å². The summed E-state index contributed by atoms with van der Waals surface area (Å²) in [5.74, 6) is -1.27. The summed E-state index contributed by atoms with van der Waals surface area (Å²) in [7, 11) is 0. The monoisotopic (exact) mass is 744 g/mol. The van der Waals surface area contributed by atoms with Gasteiger partial charge in [-0.15, -0.1) is 0 Å². The highest BCUT2D eigenvalue weighted by Gasteiger charge is 2.37. The molecule has 1 aliphatic rings. The van der Waals surface area contributed by atoms with E-state index in [0.717, 1.165) is 35.1 Å². The first-order valence-corrected chi connectivity index (χ1v) is 18.0. The number of halogens is 6. The highest BCUT2D eigenvalue weighted by molar-refractivity contribution is 5.78. The zero-order valence-corrected chi connectivity index (χ0v) is 30.2. The largest absolute Gasteiger partial charge is 0.389 e. The van der Waals surface area contributed by atoms with Crippen LogP contribution in [0.25, 0.3) is 33.6 Å². The van der Waals surface area contributed by atoms with Gasteiger partial charge in [0.1, 0.15) is 11.6 Å². The molecule has 4 aromatic rings. The van der Waals surface area contributed by atoms with E-state index in [1.807, 2.05) is 62.4 Å². The topological polar surface area (TPSA) is 107 Å². The third-order valence-electron chi connectivity index (χ3n) is 9.33. The van der Waals surface area contributed by atoms with Crippen LogP contribution in [0.3, 0.4) is 0 Å². The van der Waals surface area contributed by atoms with Crippen molar-refractivity contribution in [2.24, 2.45) is 0 Å². The molecule has 53 heavy (non-hydrogen) atoms. The lowest BCUT2D eigenvalue weighted by atomic mass is 9.97. The van der Waals surface area contributed by atoms with Crippen LogP contribution in [0.5, 0.6) is 0 Å². The number of benzene rings is 2. The lowest BCUT2D eigenvalue weighted by Gasteiger charge is -2.28. The Morgan fingerprint density at radius 1 is 0.717 bits per heavy atom. The predicted octanol–water partition coefficient (Wildman–Crippen LogP) is 9.69. The van der Waals surface area contributed by atoms with E-state index in [2.05, 4.69) is 25.3 Å². The minimum atomic E-state index is -4.35. The molecule has 2 heterocycles. The molecule has 2 aromatic carbocycles. The molecule has 1 fully saturated rings. The quantitative estimate of drug-likeness (QED) is 0.0994. The highest BCUT2D eigenvalue weighted by atomic mass is 19.4. The van der Waals surface area contributed by atoms with Crippen LogP contribution < -0.4 is 5.32 Å². The molecule has 0 radical (unpaired) electrons. The molecule has 1 saturated carbocycles. The standard InChI is InChI=1S/C39H46F6N6O2/c1-23(2)48-34(52)19-29(15-17-38(40,41)42)36-46-21-32(49-36)27-9-5-25(6-10-27)26-7-11-28(12-8-26)33-22-47-37(50-33)30(16-18-39(43,44)45)20-35(53)51(24(3)4)31-13-14-31/h5-12,21-24,29-31H,13-20H2,1-4H3,(H,46,49)(H,47,50)(H,48,52)/t29-,30-/m1/s1. The maximum absolute atomic E-state index is 13.2. The van der Waals surface area contributed by atoms with Gasteiger partial charge in [-0.3, -0.25) is 9.59 Å². The molecular weight excluding hydrogens is 698 g/mol. The Labute approximate surface area is 305 Å². The number of H-pyrrole nitrogens is 2. The minimum absolute atomic E-state index is 0.0360. The van der Waals surface area contributed by atoms with Gasteiger partial charge in [0.25, 0.3) is 0 Å². The zero-order chi connectivity index (χ0) is 38.5. The number of carbonyl (C=O) groups excluding carboxylic acids is 2. The number of aromatic nitrogens is 4. The highest BCUT2D eigenvalue weighted by Crippen LogP contribution is 2.36. The molecule has 2 aromatic heterocycles. The van der Waals surface area contributed by atoms with Crippen LogP contribution in [0.1, 0.15) is 103 Å². The van der Waals surface area contributed by atoms with E-state index >= 15 is 0 Å². The molecule has 286 valence electrons. The number of nitrogens with zero attached hydrogens (tertiary/aromatic N) is 3. The number of hydrogen-bond acceptors (Lipinski definition) is 4. The van der Waals surface area contributed by atoms with E-state index in [0.29, 0.717) is 23.0 Å². The average Bonchev–Trinajstić information content (AvgIpc) is 3.55. The fourth-order valence-electron chi connectivity index (χ4n) is 6.60. The van der Waals surface area contributed by atoms with Crippen molar-refractivity contribution in [3.8, 4) is 33.6 Å². The van der Waals surface area contributed by atoms with E-state index in [-0.39, 0.29) is 55.6 Å². The van der Waals surface area contributed by atoms with Crippen LogP contribution in [0.4, 0.5) is 26.3 Å². The van der Waals surface area contributed by atoms with Crippen molar-refractivity contribution in [2.75, 3.05) is 0 Å². The second-order valence-electron chi connectivity index (χ2n) is 14.5. The van der Waals surface area contributed by atoms with Gasteiger partial charge >= 0.3 is 12.4 Å². The third-order valence-corrected chi connectivity index (χ3v) is 9.33. The summed E-state index contributed by atoms with van der Waals surface area (Å²) in [5, 5.41) is 2.73. The summed E-state index contributed by atoms with van der Waals surface area (Å²) >= 11 is 0. The molecule has 3 N–H and O–H groups in total. The summed E-state index contributed by atoms with van der Waals surface area (Å²) in [6.45, 7) is 7.40. The number of alkyl halides is 6. The van der Waals surface area contributed by atoms with Crippen LogP contribution >= 0.6 is 0 Å². The molecule has 14 heteroatoms. The number of carbonyl (C=O) groups is 2. The van der Waals surface area contributed by atoms with E-state index in [9.17, 15) is 35.9 Å². The van der Waals surface area contributed by atoms with Crippen molar-refractivity contribution < 1.29 is 35.9 Å². The summed E-state index contributed by atoms with van der Waals surface area (Å²) in [4.78, 5) is 42.5. The van der Waals surface area contributed by atoms with Crippen LogP contribution in [-0.2, 0) is 9.59 Å². The normalized spacial score (nSPS) is 14.8. The molecule has 2 amide bonds. The Morgan fingerprint density at radius 3 is 1.51 bits per heavy atom. The molecule has 0 spiro atoms. The third kappa shape index (κ3) is 11.4. The van der Waals surface area contributed by atoms with Gasteiger partial charge in [-0.1, -0.05) is 48.5 Å². The molecule has 2 atom stereocenters. The summed E-state index contributed by atoms with van der Waals surface area (Å²) < 4.78 is 78.8. The molecular formula is C39H46F6N6O2. The van der Waals surface area contributed by atoms with E-state index in [1.54, 1.807) is 31.1 Å². The van der Waals surface area contributed by atoms with E-state index in [4.69, 9.17) is 0 Å². The molecule has 0 bridgehead atoms. The van der Waals surface area contributed by atoms with Crippen molar-refractivity contribution >= 4 is 11.8 Å². The Hall–Kier alpha value is -4.62. The van der Waals surface area contributed by atoms with Crippen molar-refractivity contribution in [1.82, 2.24) is 30.2 Å². The molecule has 0 saturated heterocycles. The first kappa shape index (κ1) is 39.6. The number of imidazole rings is 2. The van der Waals surface area contributed by atoms with Crippen molar-refractivity contribution in [3.05, 3.63) is 72.6 Å². The van der Waals surface area contributed by atoms with Gasteiger partial charge in [0.2, 0.25) is 11.8 Å². The summed E-state index contributed by atoms with van der Waals surface area (Å²) in [6, 6.07) is 15.1. The lowest BCUT2D eigenvalue weighted by molar-refractivity contribution is -0.140. The SMILES string of the molecule is CC(C)NC(=O)C[C@@H](CCC(F)(F)F)c1ncc(-c2ccc(-c3ccc(-c4cnc([C@H](CCC(F)(F)F)CC(=O)N(C(C)C)C5CC5)[nH]4)cc3)cc2)[nH]1. The van der Waals surface area contributed by atoms with Crippen LogP contribution in [-0.4, -0.2) is 67.1 Å². The van der Waals surface area contributed by atoms with Gasteiger partial charge in [0.15, 0.2) is 0 Å². The zero-order valence-electron chi connectivity index (χ0n) is 30.2. The van der Waals surface area contributed by atoms with Crippen molar-refractivity contribution in [3.63, 3.8) is 0 Å². The predicted molar refractivity (Wildman–Crippen MR) is 191 cm³/mol. The van der Waals surface area contributed by atoms with Crippen LogP contribution in [0.15, 0.2) is 60.9 Å². The van der Waals surface area contributed by atoms with Gasteiger partial charge in [-0.05, 0) is 75.6 Å². The van der Waals surface area contributed by atoms with Crippen LogP contribution in [0, 0.1) is 0 Å². The Bertz CT molecular complexity index is 1810. The Balaban J connectivity index is 1.27. The molecule has 5 rings (SSSR count). The average molecular weight is 745 g/mol. The number of nitrogens with one attached hydrogen (secondary N) is 3. The minimum Gasteiger partial charge on any atom is -0.354 e. The summed E-state index contributed by atoms with van der Waals surface area (Å²) in [5.41, 5.74) is 4.57. The number of hydrogen-bond donors (Lipinski definition) is 3. The van der Waals surface area contributed by atoms with Gasteiger partial charge in [-0.2, -0.15) is 26.3 Å². The fourth-order valence-corrected chi connectivity index (χ4v) is 6.60. The number of aromatic amines is 2. The lowest BCUT2D eigenvalue weighted by Crippen LogP contribution is -2.39. The van der Waals surface area contributed by atoms with E-state index < -0.39 is 37.0 Å². The molecule has 0 unspecified atom stereocenters. The first-order valence-electron chi connectivity index (χ1n) is 18.0. The fraction of sp³-hybridized carbons (Fsp3) is 0.487. The van der Waals surface area contributed by atoms with Gasteiger partial charge in [0.05, 0.1) is 23.8 Å². The second kappa shape index (κ2) is 16.6. The Morgan fingerprint density at radius 2 is 1.13 bits per heavy atom. The molecule has 0 aliphatic heterocycles. The van der Waals surface area contributed by atoms with Crippen molar-refractivity contribution in [1.29, 1.82) is 0 Å². The van der Waals surface area contributed by atoms with E-state index in [1.165, 1.54) is 0 Å². The van der Waals surface area contributed by atoms with Gasteiger partial charge < -0.3 is 20.2 Å². The Kier molecular flexibility index (Phi) is 12.4. The maximum Gasteiger partial charge on any atom is 0.389 e. The van der Waals surface area contributed by atoms with Gasteiger partial charge in [0, 0.05) is 55.6 Å². The maximum atomic E-state index is 13.2. The second-order valence-corrected chi connectivity index (χ2v) is 14.5. The molecule has 8 nitrogen and oxygen atoms in total.